The summed E-state index contributed by atoms with van der Waals surface area (Å²) in [6.07, 6.45) is 6.09. The number of hydrogen-bond acceptors (Lipinski definition) is 6. The molecule has 0 aliphatic carbocycles. The zero-order chi connectivity index (χ0) is 17.7. The van der Waals surface area contributed by atoms with Crippen LogP contribution in [0.15, 0.2) is 30.6 Å². The van der Waals surface area contributed by atoms with Gasteiger partial charge in [0.05, 0.1) is 16.8 Å². The SMILES string of the molecule is NCCCC(=O)NC[C@]1(O)CCCN(c2ccnc3cccnc23)C1. The molecule has 3 rings (SSSR count). The molecule has 7 heteroatoms. The van der Waals surface area contributed by atoms with Gasteiger partial charge in [-0.3, -0.25) is 14.8 Å². The summed E-state index contributed by atoms with van der Waals surface area (Å²) < 4.78 is 0. The number of aromatic nitrogens is 2. The molecule has 25 heavy (non-hydrogen) atoms. The van der Waals surface area contributed by atoms with Crippen LogP contribution in [-0.2, 0) is 4.79 Å². The van der Waals surface area contributed by atoms with Crippen molar-refractivity contribution in [3.8, 4) is 0 Å². The van der Waals surface area contributed by atoms with Gasteiger partial charge in [-0.05, 0) is 44.0 Å². The number of β-amino-alcohol motifs (C(OH)–C–C–N with tert-alkyl or cyclic N) is 1. The summed E-state index contributed by atoms with van der Waals surface area (Å²) in [5.74, 6) is -0.0629. The van der Waals surface area contributed by atoms with E-state index in [4.69, 9.17) is 5.73 Å². The number of anilines is 1. The first-order valence-corrected chi connectivity index (χ1v) is 8.75. The molecule has 4 N–H and O–H groups in total. The number of amides is 1. The number of nitrogens with two attached hydrogens (primary N) is 1. The van der Waals surface area contributed by atoms with Gasteiger partial charge in [-0.25, -0.2) is 0 Å². The smallest absolute Gasteiger partial charge is 0.220 e. The molecule has 2 aromatic heterocycles. The lowest BCUT2D eigenvalue weighted by molar-refractivity contribution is -0.122. The maximum Gasteiger partial charge on any atom is 0.220 e. The van der Waals surface area contributed by atoms with Crippen LogP contribution in [0.2, 0.25) is 0 Å². The second-order valence-corrected chi connectivity index (χ2v) is 6.62. The number of fused-ring (bicyclic) bond motifs is 1. The van der Waals surface area contributed by atoms with Gasteiger partial charge in [-0.15, -0.1) is 0 Å². The number of rotatable bonds is 6. The van der Waals surface area contributed by atoms with Crippen molar-refractivity contribution in [2.24, 2.45) is 5.73 Å². The second-order valence-electron chi connectivity index (χ2n) is 6.62. The van der Waals surface area contributed by atoms with Crippen LogP contribution in [0.3, 0.4) is 0 Å². The highest BCUT2D eigenvalue weighted by Gasteiger charge is 2.34. The molecule has 0 unspecified atom stereocenters. The van der Waals surface area contributed by atoms with E-state index in [0.29, 0.717) is 32.4 Å². The zero-order valence-corrected chi connectivity index (χ0v) is 14.3. The van der Waals surface area contributed by atoms with E-state index in [1.807, 2.05) is 18.2 Å². The van der Waals surface area contributed by atoms with E-state index in [1.54, 1.807) is 12.4 Å². The molecule has 0 radical (unpaired) electrons. The lowest BCUT2D eigenvalue weighted by atomic mass is 9.92. The molecule has 0 bridgehead atoms. The van der Waals surface area contributed by atoms with Crippen LogP contribution >= 0.6 is 0 Å². The standard InChI is InChI=1S/C18H25N5O2/c19-8-1-5-16(24)22-12-18(25)7-3-11-23(13-18)15-6-10-20-14-4-2-9-21-17(14)15/h2,4,6,9-10,25H,1,3,5,7-8,11-13,19H2,(H,22,24)/t18-/m1/s1. The molecule has 1 fully saturated rings. The minimum atomic E-state index is -0.943. The number of nitrogens with zero attached hydrogens (tertiary/aromatic N) is 3. The topological polar surface area (TPSA) is 104 Å². The number of aliphatic hydroxyl groups is 1. The number of nitrogens with one attached hydrogen (secondary N) is 1. The Morgan fingerprint density at radius 2 is 2.24 bits per heavy atom. The summed E-state index contributed by atoms with van der Waals surface area (Å²) in [5.41, 5.74) is 7.12. The van der Waals surface area contributed by atoms with Gasteiger partial charge < -0.3 is 21.1 Å². The lowest BCUT2D eigenvalue weighted by Gasteiger charge is -2.40. The number of pyridine rings is 2. The van der Waals surface area contributed by atoms with Gasteiger partial charge in [0.2, 0.25) is 5.91 Å². The van der Waals surface area contributed by atoms with Crippen LogP contribution in [0.5, 0.6) is 0 Å². The third-order valence-corrected chi connectivity index (χ3v) is 4.59. The van der Waals surface area contributed by atoms with Crippen molar-refractivity contribution in [1.29, 1.82) is 0 Å². The van der Waals surface area contributed by atoms with E-state index >= 15 is 0 Å². The first-order valence-electron chi connectivity index (χ1n) is 8.75. The van der Waals surface area contributed by atoms with E-state index in [9.17, 15) is 9.90 Å². The van der Waals surface area contributed by atoms with Crippen molar-refractivity contribution in [2.75, 3.05) is 31.1 Å². The number of carbonyl (C=O) groups is 1. The Morgan fingerprint density at radius 3 is 3.08 bits per heavy atom. The van der Waals surface area contributed by atoms with E-state index in [2.05, 4.69) is 20.2 Å². The second kappa shape index (κ2) is 7.76. The molecule has 1 amide bonds. The van der Waals surface area contributed by atoms with Crippen molar-refractivity contribution in [3.63, 3.8) is 0 Å². The summed E-state index contributed by atoms with van der Waals surface area (Å²) in [6, 6.07) is 5.73. The van der Waals surface area contributed by atoms with Crippen LogP contribution in [0.25, 0.3) is 11.0 Å². The van der Waals surface area contributed by atoms with Gasteiger partial charge in [0.15, 0.2) is 0 Å². The molecular weight excluding hydrogens is 318 g/mol. The fourth-order valence-electron chi connectivity index (χ4n) is 3.30. The van der Waals surface area contributed by atoms with Crippen molar-refractivity contribution in [2.45, 2.75) is 31.3 Å². The van der Waals surface area contributed by atoms with Gasteiger partial charge in [0.25, 0.3) is 0 Å². The quantitative estimate of drug-likeness (QED) is 0.717. The van der Waals surface area contributed by atoms with E-state index in [0.717, 1.165) is 29.7 Å². The Kier molecular flexibility index (Phi) is 5.45. The summed E-state index contributed by atoms with van der Waals surface area (Å²) in [4.78, 5) is 22.7. The predicted octanol–water partition coefficient (Wildman–Crippen LogP) is 0.816. The maximum absolute atomic E-state index is 11.8. The van der Waals surface area contributed by atoms with Crippen LogP contribution in [0, 0.1) is 0 Å². The molecule has 2 aromatic rings. The Morgan fingerprint density at radius 1 is 1.36 bits per heavy atom. The summed E-state index contributed by atoms with van der Waals surface area (Å²) in [6.45, 7) is 2.05. The average molecular weight is 343 g/mol. The largest absolute Gasteiger partial charge is 0.386 e. The van der Waals surface area contributed by atoms with Crippen molar-refractivity contribution < 1.29 is 9.90 Å². The van der Waals surface area contributed by atoms with Gasteiger partial charge >= 0.3 is 0 Å². The number of piperidine rings is 1. The molecule has 1 aliphatic heterocycles. The summed E-state index contributed by atoms with van der Waals surface area (Å²) in [7, 11) is 0. The van der Waals surface area contributed by atoms with Gasteiger partial charge in [0.1, 0.15) is 5.52 Å². The fraction of sp³-hybridized carbons (Fsp3) is 0.500. The Bertz CT molecular complexity index is 733. The summed E-state index contributed by atoms with van der Waals surface area (Å²) in [5, 5.41) is 13.8. The van der Waals surface area contributed by atoms with Crippen molar-refractivity contribution in [3.05, 3.63) is 30.6 Å². The van der Waals surface area contributed by atoms with Crippen molar-refractivity contribution >= 4 is 22.6 Å². The highest BCUT2D eigenvalue weighted by molar-refractivity contribution is 5.87. The molecule has 1 atom stereocenters. The van der Waals surface area contributed by atoms with Crippen LogP contribution in [0.1, 0.15) is 25.7 Å². The fourth-order valence-corrected chi connectivity index (χ4v) is 3.30. The van der Waals surface area contributed by atoms with E-state index in [-0.39, 0.29) is 12.5 Å². The Hall–Kier alpha value is -2.25. The molecule has 1 aliphatic rings. The molecule has 0 saturated carbocycles. The molecule has 0 aromatic carbocycles. The number of hydrogen-bond donors (Lipinski definition) is 3. The Balaban J connectivity index is 1.71. The third kappa shape index (κ3) is 4.24. The molecule has 7 nitrogen and oxygen atoms in total. The predicted molar refractivity (Wildman–Crippen MR) is 97.2 cm³/mol. The average Bonchev–Trinajstić information content (AvgIpc) is 2.64. The highest BCUT2D eigenvalue weighted by Crippen LogP contribution is 2.29. The molecule has 0 spiro atoms. The molecule has 3 heterocycles. The first kappa shape index (κ1) is 17.6. The lowest BCUT2D eigenvalue weighted by Crippen LogP contribution is -2.54. The monoisotopic (exact) mass is 343 g/mol. The van der Waals surface area contributed by atoms with Gasteiger partial charge in [-0.2, -0.15) is 0 Å². The van der Waals surface area contributed by atoms with Crippen molar-refractivity contribution in [1.82, 2.24) is 15.3 Å². The van der Waals surface area contributed by atoms with Crippen LogP contribution in [-0.4, -0.2) is 52.8 Å². The zero-order valence-electron chi connectivity index (χ0n) is 14.3. The summed E-state index contributed by atoms with van der Waals surface area (Å²) >= 11 is 0. The van der Waals surface area contributed by atoms with E-state index in [1.165, 1.54) is 0 Å². The maximum atomic E-state index is 11.8. The normalized spacial score (nSPS) is 20.6. The minimum Gasteiger partial charge on any atom is -0.386 e. The first-order chi connectivity index (χ1) is 12.1. The minimum absolute atomic E-state index is 0.0629. The Labute approximate surface area is 147 Å². The van der Waals surface area contributed by atoms with Gasteiger partial charge in [-0.1, -0.05) is 0 Å². The molecular formula is C18H25N5O2. The van der Waals surface area contributed by atoms with Gasteiger partial charge in [0, 0.05) is 38.4 Å². The van der Waals surface area contributed by atoms with Crippen LogP contribution < -0.4 is 16.0 Å². The molecule has 1 saturated heterocycles. The third-order valence-electron chi connectivity index (χ3n) is 4.59. The van der Waals surface area contributed by atoms with Crippen LogP contribution in [0.4, 0.5) is 5.69 Å². The van der Waals surface area contributed by atoms with E-state index < -0.39 is 5.60 Å². The molecule has 134 valence electrons. The number of carbonyl (C=O) groups excluding carboxylic acids is 1. The highest BCUT2D eigenvalue weighted by atomic mass is 16.3.